The molecule has 0 spiro atoms. The zero-order chi connectivity index (χ0) is 17.0. The molecule has 0 aromatic carbocycles. The predicted molar refractivity (Wildman–Crippen MR) is 91.5 cm³/mol. The fourth-order valence-electron chi connectivity index (χ4n) is 2.19. The van der Waals surface area contributed by atoms with Gasteiger partial charge in [-0.05, 0) is 25.2 Å². The van der Waals surface area contributed by atoms with Crippen molar-refractivity contribution < 1.29 is 9.90 Å². The molecule has 0 saturated heterocycles. The second-order valence-corrected chi connectivity index (χ2v) is 7.52. The number of carbonyl (C=O) groups is 1. The Kier molecular flexibility index (Phi) is 5.54. The van der Waals surface area contributed by atoms with Crippen LogP contribution in [0.15, 0.2) is 12.4 Å². The number of aryl methyl sites for hydroxylation is 2. The minimum absolute atomic E-state index is 0.0862. The Morgan fingerprint density at radius 1 is 1.48 bits per heavy atom. The van der Waals surface area contributed by atoms with Crippen LogP contribution >= 0.6 is 11.3 Å². The summed E-state index contributed by atoms with van der Waals surface area (Å²) in [5.41, 5.74) is 1.56. The molecule has 2 aromatic rings. The number of hydrogen-bond donors (Lipinski definition) is 2. The number of rotatable bonds is 7. The molecule has 0 aliphatic rings. The first-order valence-corrected chi connectivity index (χ1v) is 8.49. The van der Waals surface area contributed by atoms with Gasteiger partial charge in [0.05, 0.1) is 11.9 Å². The smallest absolute Gasteiger partial charge is 0.263 e. The van der Waals surface area contributed by atoms with Gasteiger partial charge in [0, 0.05) is 32.0 Å². The van der Waals surface area contributed by atoms with Crippen molar-refractivity contribution >= 4 is 17.2 Å². The highest BCUT2D eigenvalue weighted by Crippen LogP contribution is 2.27. The molecule has 2 N–H and O–H groups in total. The van der Waals surface area contributed by atoms with Crippen molar-refractivity contribution in [3.63, 3.8) is 0 Å². The molecular formula is C16H24N4O2S. The van der Waals surface area contributed by atoms with Gasteiger partial charge in [0.1, 0.15) is 9.88 Å². The third kappa shape index (κ3) is 4.62. The number of amides is 1. The number of aliphatic hydroxyl groups is 1. The molecule has 23 heavy (non-hydrogen) atoms. The lowest BCUT2D eigenvalue weighted by Gasteiger charge is -2.21. The van der Waals surface area contributed by atoms with Gasteiger partial charge in [0.15, 0.2) is 0 Å². The standard InChI is InChI=1S/C16H24N4O2S/c1-11-13(14(22)17-7-5-6-16(2,3)10-21)23-15(19-11)12-8-18-20(4)9-12/h8-9,21H,5-7,10H2,1-4H3,(H,17,22). The van der Waals surface area contributed by atoms with Gasteiger partial charge in [-0.1, -0.05) is 13.8 Å². The van der Waals surface area contributed by atoms with Crippen molar-refractivity contribution in [3.8, 4) is 10.6 Å². The largest absolute Gasteiger partial charge is 0.396 e. The average Bonchev–Trinajstić information content (AvgIpc) is 3.09. The minimum atomic E-state index is -0.0986. The summed E-state index contributed by atoms with van der Waals surface area (Å²) in [5.74, 6) is -0.0862. The van der Waals surface area contributed by atoms with Gasteiger partial charge in [0.2, 0.25) is 0 Å². The van der Waals surface area contributed by atoms with E-state index in [-0.39, 0.29) is 17.9 Å². The molecule has 0 radical (unpaired) electrons. The van der Waals surface area contributed by atoms with E-state index in [0.29, 0.717) is 11.4 Å². The van der Waals surface area contributed by atoms with Crippen LogP contribution in [0.1, 0.15) is 42.1 Å². The third-order valence-electron chi connectivity index (χ3n) is 3.70. The zero-order valence-corrected chi connectivity index (χ0v) is 14.9. The molecule has 0 aliphatic heterocycles. The van der Waals surface area contributed by atoms with Crippen molar-refractivity contribution in [2.75, 3.05) is 13.2 Å². The highest BCUT2D eigenvalue weighted by atomic mass is 32.1. The van der Waals surface area contributed by atoms with Gasteiger partial charge in [-0.25, -0.2) is 4.98 Å². The molecule has 0 aliphatic carbocycles. The molecule has 2 aromatic heterocycles. The Balaban J connectivity index is 1.94. The molecule has 2 rings (SSSR count). The molecule has 1 amide bonds. The lowest BCUT2D eigenvalue weighted by atomic mass is 9.89. The van der Waals surface area contributed by atoms with Crippen molar-refractivity contribution in [1.82, 2.24) is 20.1 Å². The number of nitrogens with one attached hydrogen (secondary N) is 1. The number of aromatic nitrogens is 3. The third-order valence-corrected chi connectivity index (χ3v) is 4.90. The van der Waals surface area contributed by atoms with Crippen LogP contribution < -0.4 is 5.32 Å². The minimum Gasteiger partial charge on any atom is -0.396 e. The van der Waals surface area contributed by atoms with E-state index in [2.05, 4.69) is 15.4 Å². The van der Waals surface area contributed by atoms with E-state index in [4.69, 9.17) is 0 Å². The Labute approximate surface area is 140 Å². The number of nitrogens with zero attached hydrogens (tertiary/aromatic N) is 3. The van der Waals surface area contributed by atoms with Crippen LogP contribution in [0.4, 0.5) is 0 Å². The van der Waals surface area contributed by atoms with Gasteiger partial charge in [-0.15, -0.1) is 11.3 Å². The van der Waals surface area contributed by atoms with Crippen LogP contribution in [0.25, 0.3) is 10.6 Å². The topological polar surface area (TPSA) is 80.0 Å². The number of thiazole rings is 1. The predicted octanol–water partition coefficient (Wildman–Crippen LogP) is 2.38. The summed E-state index contributed by atoms with van der Waals surface area (Å²) in [6.45, 7) is 6.63. The Bertz CT molecular complexity index is 675. The molecule has 126 valence electrons. The maximum Gasteiger partial charge on any atom is 0.263 e. The van der Waals surface area contributed by atoms with Crippen LogP contribution in [0.3, 0.4) is 0 Å². The first-order chi connectivity index (χ1) is 10.8. The van der Waals surface area contributed by atoms with E-state index in [1.807, 2.05) is 34.0 Å². The summed E-state index contributed by atoms with van der Waals surface area (Å²) in [5, 5.41) is 17.1. The van der Waals surface area contributed by atoms with E-state index in [1.54, 1.807) is 10.9 Å². The van der Waals surface area contributed by atoms with Crippen LogP contribution in [0.2, 0.25) is 0 Å². The molecule has 2 heterocycles. The summed E-state index contributed by atoms with van der Waals surface area (Å²) in [4.78, 5) is 17.4. The molecule has 6 nitrogen and oxygen atoms in total. The van der Waals surface area contributed by atoms with Crippen molar-refractivity contribution in [1.29, 1.82) is 0 Å². The van der Waals surface area contributed by atoms with Crippen LogP contribution in [-0.2, 0) is 7.05 Å². The van der Waals surface area contributed by atoms with Crippen LogP contribution in [0, 0.1) is 12.3 Å². The maximum atomic E-state index is 12.3. The van der Waals surface area contributed by atoms with E-state index in [0.717, 1.165) is 29.1 Å². The average molecular weight is 336 g/mol. The maximum absolute atomic E-state index is 12.3. The van der Waals surface area contributed by atoms with Crippen LogP contribution in [0.5, 0.6) is 0 Å². The van der Waals surface area contributed by atoms with Gasteiger partial charge < -0.3 is 10.4 Å². The molecule has 0 unspecified atom stereocenters. The van der Waals surface area contributed by atoms with E-state index >= 15 is 0 Å². The first kappa shape index (κ1) is 17.6. The first-order valence-electron chi connectivity index (χ1n) is 7.68. The number of aliphatic hydroxyl groups excluding tert-OH is 1. The SMILES string of the molecule is Cc1nc(-c2cnn(C)c2)sc1C(=O)NCCCC(C)(C)CO. The molecule has 0 saturated carbocycles. The summed E-state index contributed by atoms with van der Waals surface area (Å²) < 4.78 is 1.72. The monoisotopic (exact) mass is 336 g/mol. The number of carbonyl (C=O) groups excluding carboxylic acids is 1. The van der Waals surface area contributed by atoms with Gasteiger partial charge >= 0.3 is 0 Å². The molecule has 0 fully saturated rings. The van der Waals surface area contributed by atoms with E-state index in [1.165, 1.54) is 11.3 Å². The fourth-order valence-corrected chi connectivity index (χ4v) is 3.15. The Morgan fingerprint density at radius 3 is 2.83 bits per heavy atom. The van der Waals surface area contributed by atoms with Crippen molar-refractivity contribution in [2.24, 2.45) is 12.5 Å². The highest BCUT2D eigenvalue weighted by molar-refractivity contribution is 7.17. The highest BCUT2D eigenvalue weighted by Gasteiger charge is 2.18. The molecular weight excluding hydrogens is 312 g/mol. The molecule has 0 bridgehead atoms. The normalized spacial score (nSPS) is 11.7. The summed E-state index contributed by atoms with van der Waals surface area (Å²) >= 11 is 1.39. The van der Waals surface area contributed by atoms with Gasteiger partial charge in [0.25, 0.3) is 5.91 Å². The van der Waals surface area contributed by atoms with Gasteiger partial charge in [-0.3, -0.25) is 9.48 Å². The van der Waals surface area contributed by atoms with E-state index < -0.39 is 0 Å². The zero-order valence-electron chi connectivity index (χ0n) is 14.1. The lowest BCUT2D eigenvalue weighted by Crippen LogP contribution is -2.26. The van der Waals surface area contributed by atoms with Crippen molar-refractivity contribution in [3.05, 3.63) is 23.0 Å². The lowest BCUT2D eigenvalue weighted by molar-refractivity contribution is 0.0952. The van der Waals surface area contributed by atoms with Crippen molar-refractivity contribution in [2.45, 2.75) is 33.6 Å². The number of hydrogen-bond acceptors (Lipinski definition) is 5. The van der Waals surface area contributed by atoms with Crippen LogP contribution in [-0.4, -0.2) is 38.9 Å². The summed E-state index contributed by atoms with van der Waals surface area (Å²) in [7, 11) is 1.85. The molecule has 0 atom stereocenters. The van der Waals surface area contributed by atoms with Gasteiger partial charge in [-0.2, -0.15) is 5.10 Å². The quantitative estimate of drug-likeness (QED) is 0.761. The Hall–Kier alpha value is -1.73. The van der Waals surface area contributed by atoms with E-state index in [9.17, 15) is 9.90 Å². The summed E-state index contributed by atoms with van der Waals surface area (Å²) in [6.07, 6.45) is 5.34. The second-order valence-electron chi connectivity index (χ2n) is 6.52. The molecule has 7 heteroatoms. The summed E-state index contributed by atoms with van der Waals surface area (Å²) in [6, 6.07) is 0. The Morgan fingerprint density at radius 2 is 2.22 bits per heavy atom. The fraction of sp³-hybridized carbons (Fsp3) is 0.562. The second kappa shape index (κ2) is 7.23.